The van der Waals surface area contributed by atoms with Crippen LogP contribution in [0.15, 0.2) is 0 Å². The van der Waals surface area contributed by atoms with Gasteiger partial charge in [-0.05, 0) is 45.3 Å². The minimum atomic E-state index is -3.48. The van der Waals surface area contributed by atoms with Gasteiger partial charge in [0.25, 0.3) is 10.1 Å². The topological polar surface area (TPSA) is 82.1 Å². The SMILES string of the molecule is CC(C)(C)OC(=O)N1C[C@H](CCOS(C)(=O)=O)[C@@H](O[Si](C)(C)C(C)(C)C)C1. The van der Waals surface area contributed by atoms with Gasteiger partial charge in [0.15, 0.2) is 8.32 Å². The summed E-state index contributed by atoms with van der Waals surface area (Å²) in [5, 5.41) is 0.0418. The second kappa shape index (κ2) is 8.38. The Labute approximate surface area is 166 Å². The van der Waals surface area contributed by atoms with E-state index in [0.29, 0.717) is 19.5 Å². The molecule has 1 fully saturated rings. The Hall–Kier alpha value is -0.643. The van der Waals surface area contributed by atoms with Gasteiger partial charge in [0.2, 0.25) is 0 Å². The van der Waals surface area contributed by atoms with E-state index in [1.807, 2.05) is 20.8 Å². The highest BCUT2D eigenvalue weighted by Crippen LogP contribution is 2.39. The fraction of sp³-hybridized carbons (Fsp3) is 0.944. The van der Waals surface area contributed by atoms with Crippen molar-refractivity contribution in [1.29, 1.82) is 0 Å². The molecule has 27 heavy (non-hydrogen) atoms. The Kier molecular flexibility index (Phi) is 7.58. The fourth-order valence-electron chi connectivity index (χ4n) is 2.63. The first-order valence-corrected chi connectivity index (χ1v) is 14.1. The summed E-state index contributed by atoms with van der Waals surface area (Å²) in [5.41, 5.74) is -0.565. The van der Waals surface area contributed by atoms with Crippen LogP contribution in [-0.2, 0) is 23.5 Å². The number of hydrogen-bond donors (Lipinski definition) is 0. The molecule has 0 bridgehead atoms. The van der Waals surface area contributed by atoms with Gasteiger partial charge < -0.3 is 14.1 Å². The van der Waals surface area contributed by atoms with Crippen LogP contribution >= 0.6 is 0 Å². The molecule has 2 atom stereocenters. The molecule has 0 unspecified atom stereocenters. The summed E-state index contributed by atoms with van der Waals surface area (Å²) in [7, 11) is -5.52. The molecule has 1 amide bonds. The number of hydrogen-bond acceptors (Lipinski definition) is 6. The van der Waals surface area contributed by atoms with Gasteiger partial charge in [-0.1, -0.05) is 20.8 Å². The van der Waals surface area contributed by atoms with Crippen LogP contribution in [0.5, 0.6) is 0 Å². The van der Waals surface area contributed by atoms with Crippen LogP contribution in [0.1, 0.15) is 48.0 Å². The third-order valence-corrected chi connectivity index (χ3v) is 10.2. The highest BCUT2D eigenvalue weighted by Gasteiger charge is 2.45. The predicted molar refractivity (Wildman–Crippen MR) is 109 cm³/mol. The van der Waals surface area contributed by atoms with Crippen molar-refractivity contribution in [1.82, 2.24) is 4.90 Å². The van der Waals surface area contributed by atoms with Crippen molar-refractivity contribution in [2.75, 3.05) is 26.0 Å². The number of amides is 1. The summed E-state index contributed by atoms with van der Waals surface area (Å²) in [6, 6.07) is 0. The molecule has 7 nitrogen and oxygen atoms in total. The Morgan fingerprint density at radius 1 is 1.11 bits per heavy atom. The number of carbonyl (C=O) groups is 1. The van der Waals surface area contributed by atoms with Gasteiger partial charge in [-0.15, -0.1) is 0 Å². The van der Waals surface area contributed by atoms with Crippen molar-refractivity contribution < 1.29 is 26.6 Å². The van der Waals surface area contributed by atoms with Crippen LogP contribution in [0.4, 0.5) is 4.79 Å². The number of nitrogens with zero attached hydrogens (tertiary/aromatic N) is 1. The first kappa shape index (κ1) is 24.4. The highest BCUT2D eigenvalue weighted by molar-refractivity contribution is 7.85. The fourth-order valence-corrected chi connectivity index (χ4v) is 4.41. The molecule has 1 aliphatic rings. The first-order valence-electron chi connectivity index (χ1n) is 9.41. The first-order chi connectivity index (χ1) is 11.9. The van der Waals surface area contributed by atoms with Crippen molar-refractivity contribution in [2.45, 2.75) is 77.8 Å². The van der Waals surface area contributed by atoms with E-state index in [-0.39, 0.29) is 29.8 Å². The van der Waals surface area contributed by atoms with E-state index in [4.69, 9.17) is 13.3 Å². The van der Waals surface area contributed by atoms with Crippen molar-refractivity contribution >= 4 is 24.5 Å². The van der Waals surface area contributed by atoms with E-state index in [1.54, 1.807) is 4.90 Å². The average molecular weight is 424 g/mol. The molecule has 0 aromatic heterocycles. The predicted octanol–water partition coefficient (Wildman–Crippen LogP) is 3.61. The summed E-state index contributed by atoms with van der Waals surface area (Å²) in [4.78, 5) is 14.1. The molecule has 0 aromatic carbocycles. The molecule has 0 aliphatic carbocycles. The smallest absolute Gasteiger partial charge is 0.410 e. The Bertz CT molecular complexity index is 621. The molecule has 0 spiro atoms. The van der Waals surface area contributed by atoms with Crippen molar-refractivity contribution in [3.63, 3.8) is 0 Å². The lowest BCUT2D eigenvalue weighted by atomic mass is 10.0. The maximum atomic E-state index is 12.5. The van der Waals surface area contributed by atoms with Crippen LogP contribution in [0, 0.1) is 5.92 Å². The van der Waals surface area contributed by atoms with Crippen molar-refractivity contribution in [3.05, 3.63) is 0 Å². The van der Waals surface area contributed by atoms with Crippen molar-refractivity contribution in [2.24, 2.45) is 5.92 Å². The highest BCUT2D eigenvalue weighted by atomic mass is 32.2. The Balaban J connectivity index is 2.88. The van der Waals surface area contributed by atoms with E-state index < -0.39 is 24.0 Å². The van der Waals surface area contributed by atoms with Crippen LogP contribution in [-0.4, -0.2) is 65.4 Å². The molecule has 9 heteroatoms. The number of carbonyl (C=O) groups excluding carboxylic acids is 1. The molecular weight excluding hydrogens is 386 g/mol. The lowest BCUT2D eigenvalue weighted by Gasteiger charge is -2.39. The lowest BCUT2D eigenvalue weighted by molar-refractivity contribution is 0.0272. The van der Waals surface area contributed by atoms with Gasteiger partial charge in [0, 0.05) is 19.0 Å². The monoisotopic (exact) mass is 423 g/mol. The third-order valence-electron chi connectivity index (χ3n) is 5.07. The Morgan fingerprint density at radius 2 is 1.67 bits per heavy atom. The average Bonchev–Trinajstić information content (AvgIpc) is 2.76. The minimum Gasteiger partial charge on any atom is -0.444 e. The van der Waals surface area contributed by atoms with E-state index in [2.05, 4.69) is 33.9 Å². The molecule has 0 N–H and O–H groups in total. The summed E-state index contributed by atoms with van der Waals surface area (Å²) in [6.45, 7) is 17.4. The summed E-state index contributed by atoms with van der Waals surface area (Å²) in [5.74, 6) is 0.00777. The third kappa shape index (κ3) is 8.09. The number of rotatable bonds is 6. The number of likely N-dealkylation sites (tertiary alicyclic amines) is 1. The van der Waals surface area contributed by atoms with Crippen LogP contribution in [0.2, 0.25) is 18.1 Å². The van der Waals surface area contributed by atoms with Crippen LogP contribution in [0.25, 0.3) is 0 Å². The molecule has 1 saturated heterocycles. The molecule has 1 heterocycles. The summed E-state index contributed by atoms with van der Waals surface area (Å²) >= 11 is 0. The van der Waals surface area contributed by atoms with Gasteiger partial charge >= 0.3 is 6.09 Å². The largest absolute Gasteiger partial charge is 0.444 e. The maximum Gasteiger partial charge on any atom is 0.410 e. The number of ether oxygens (including phenoxy) is 1. The van der Waals surface area contributed by atoms with E-state index in [0.717, 1.165) is 6.26 Å². The molecule has 0 aromatic rings. The van der Waals surface area contributed by atoms with E-state index >= 15 is 0 Å². The quantitative estimate of drug-likeness (QED) is 0.479. The summed E-state index contributed by atoms with van der Waals surface area (Å²) < 4.78 is 39.4. The van der Waals surface area contributed by atoms with Gasteiger partial charge in [-0.3, -0.25) is 4.18 Å². The van der Waals surface area contributed by atoms with Crippen molar-refractivity contribution in [3.8, 4) is 0 Å². The molecule has 160 valence electrons. The zero-order valence-electron chi connectivity index (χ0n) is 18.3. The zero-order chi connectivity index (χ0) is 21.3. The molecule has 0 radical (unpaired) electrons. The van der Waals surface area contributed by atoms with Crippen LogP contribution < -0.4 is 0 Å². The maximum absolute atomic E-state index is 12.5. The van der Waals surface area contributed by atoms with Gasteiger partial charge in [-0.25, -0.2) is 4.79 Å². The van der Waals surface area contributed by atoms with Gasteiger partial charge in [-0.2, -0.15) is 8.42 Å². The second-order valence-corrected chi connectivity index (χ2v) is 16.3. The normalized spacial score (nSPS) is 22.2. The summed E-state index contributed by atoms with van der Waals surface area (Å²) in [6.07, 6.45) is 1.03. The van der Waals surface area contributed by atoms with E-state index in [9.17, 15) is 13.2 Å². The lowest BCUT2D eigenvalue weighted by Crippen LogP contribution is -2.46. The zero-order valence-corrected chi connectivity index (χ0v) is 20.1. The Morgan fingerprint density at radius 3 is 2.11 bits per heavy atom. The molecule has 1 aliphatic heterocycles. The van der Waals surface area contributed by atoms with Gasteiger partial charge in [0.05, 0.1) is 19.0 Å². The molecule has 0 saturated carbocycles. The van der Waals surface area contributed by atoms with E-state index in [1.165, 1.54) is 0 Å². The second-order valence-electron chi connectivity index (χ2n) is 9.88. The molecule has 1 rings (SSSR count). The minimum absolute atomic E-state index is 0.00777. The standard InChI is InChI=1S/C18H37NO6SSi/c1-17(2,3)24-16(20)19-12-14(10-11-23-26(7,21)22)15(13-19)25-27(8,9)18(4,5)6/h14-15H,10-13H2,1-9H3/t14-,15-/m0/s1. The molecular formula is C18H37NO6SSi. The van der Waals surface area contributed by atoms with Gasteiger partial charge in [0.1, 0.15) is 5.60 Å². The van der Waals surface area contributed by atoms with Crippen LogP contribution in [0.3, 0.4) is 0 Å².